The van der Waals surface area contributed by atoms with Gasteiger partial charge in [0.05, 0.1) is 4.92 Å². The molecule has 2 aromatic rings. The van der Waals surface area contributed by atoms with Crippen molar-refractivity contribution in [1.82, 2.24) is 15.2 Å². The van der Waals surface area contributed by atoms with E-state index in [1.54, 1.807) is 24.3 Å². The Kier molecular flexibility index (Phi) is 5.74. The molecule has 1 fully saturated rings. The molecule has 0 bridgehead atoms. The van der Waals surface area contributed by atoms with Gasteiger partial charge in [-0.25, -0.2) is 4.98 Å². The molecule has 1 aliphatic rings. The lowest BCUT2D eigenvalue weighted by molar-refractivity contribution is -0.385. The van der Waals surface area contributed by atoms with E-state index in [1.165, 1.54) is 29.2 Å². The van der Waals surface area contributed by atoms with Gasteiger partial charge in [-0.1, -0.05) is 18.2 Å². The van der Waals surface area contributed by atoms with Crippen LogP contribution in [0.15, 0.2) is 60.8 Å². The van der Waals surface area contributed by atoms with E-state index in [-0.39, 0.29) is 28.8 Å². The molecular formula is C19H14N4O5S. The Bertz CT molecular complexity index is 1030. The maximum Gasteiger partial charge on any atom is 0.287 e. The largest absolute Gasteiger partial charge is 0.439 e. The molecule has 3 rings (SSSR count). The van der Waals surface area contributed by atoms with E-state index >= 15 is 0 Å². The third-order valence-corrected chi connectivity index (χ3v) is 4.16. The Labute approximate surface area is 170 Å². The van der Waals surface area contributed by atoms with Crippen LogP contribution in [0.2, 0.25) is 0 Å². The first-order valence-corrected chi connectivity index (χ1v) is 8.68. The van der Waals surface area contributed by atoms with Crippen molar-refractivity contribution in [3.63, 3.8) is 0 Å². The fourth-order valence-electron chi connectivity index (χ4n) is 2.45. The van der Waals surface area contributed by atoms with Crippen molar-refractivity contribution in [2.24, 2.45) is 0 Å². The quantitative estimate of drug-likeness (QED) is 0.194. The molecule has 9 nitrogen and oxygen atoms in total. The Morgan fingerprint density at radius 1 is 1.24 bits per heavy atom. The highest BCUT2D eigenvalue weighted by Crippen LogP contribution is 2.23. The molecule has 146 valence electrons. The van der Waals surface area contributed by atoms with Gasteiger partial charge in [-0.2, -0.15) is 0 Å². The molecule has 1 aliphatic heterocycles. The third kappa shape index (κ3) is 4.50. The van der Waals surface area contributed by atoms with E-state index in [2.05, 4.69) is 16.9 Å². The van der Waals surface area contributed by atoms with Crippen molar-refractivity contribution >= 4 is 40.9 Å². The van der Waals surface area contributed by atoms with E-state index in [0.29, 0.717) is 11.3 Å². The van der Waals surface area contributed by atoms with Gasteiger partial charge >= 0.3 is 0 Å². The average Bonchev–Trinajstić information content (AvgIpc) is 2.70. The van der Waals surface area contributed by atoms with E-state index in [0.717, 1.165) is 6.20 Å². The smallest absolute Gasteiger partial charge is 0.287 e. The highest BCUT2D eigenvalue weighted by Gasteiger charge is 2.32. The molecule has 0 unspecified atom stereocenters. The second-order valence-electron chi connectivity index (χ2n) is 5.80. The summed E-state index contributed by atoms with van der Waals surface area (Å²) in [7, 11) is 0. The molecule has 0 spiro atoms. The van der Waals surface area contributed by atoms with Gasteiger partial charge in [-0.05, 0) is 36.0 Å². The van der Waals surface area contributed by atoms with Gasteiger partial charge in [0.15, 0.2) is 5.11 Å². The van der Waals surface area contributed by atoms with Crippen molar-refractivity contribution < 1.29 is 19.2 Å². The predicted octanol–water partition coefficient (Wildman–Crippen LogP) is 2.59. The number of carbonyl (C=O) groups excluding carboxylic acids is 2. The van der Waals surface area contributed by atoms with Crippen LogP contribution in [0.4, 0.5) is 5.69 Å². The fraction of sp³-hybridized carbons (Fsp3) is 0.0526. The summed E-state index contributed by atoms with van der Waals surface area (Å²) in [5.74, 6) is -0.454. The zero-order valence-corrected chi connectivity index (χ0v) is 15.7. The highest BCUT2D eigenvalue weighted by atomic mass is 32.1. The number of rotatable bonds is 6. The number of nitrogens with zero attached hydrogens (tertiary/aromatic N) is 3. The Hall–Kier alpha value is -3.92. The van der Waals surface area contributed by atoms with Gasteiger partial charge in [0.25, 0.3) is 17.5 Å². The van der Waals surface area contributed by atoms with E-state index < -0.39 is 16.7 Å². The lowest BCUT2D eigenvalue weighted by atomic mass is 10.1. The van der Waals surface area contributed by atoms with Crippen LogP contribution in [0.25, 0.3) is 6.08 Å². The lowest BCUT2D eigenvalue weighted by Gasteiger charge is -2.27. The first-order chi connectivity index (χ1) is 13.9. The summed E-state index contributed by atoms with van der Waals surface area (Å²) in [5.41, 5.74) is 0.407. The normalized spacial score (nSPS) is 15.2. The van der Waals surface area contributed by atoms with Crippen molar-refractivity contribution in [2.75, 3.05) is 6.54 Å². The van der Waals surface area contributed by atoms with Crippen LogP contribution < -0.4 is 10.1 Å². The van der Waals surface area contributed by atoms with Gasteiger partial charge < -0.3 is 4.74 Å². The minimum atomic E-state index is -0.573. The first-order valence-electron chi connectivity index (χ1n) is 8.27. The SMILES string of the molecule is C=CCN1C(=O)C(=Cc2ccc(Oc3ccc([N+](=O)[O-])cn3)cc2)C(=O)NC1=S. The molecule has 29 heavy (non-hydrogen) atoms. The third-order valence-electron chi connectivity index (χ3n) is 3.84. The summed E-state index contributed by atoms with van der Waals surface area (Å²) >= 11 is 5.00. The van der Waals surface area contributed by atoms with Gasteiger partial charge in [-0.15, -0.1) is 6.58 Å². The van der Waals surface area contributed by atoms with Crippen molar-refractivity contribution in [2.45, 2.75) is 0 Å². The lowest BCUT2D eigenvalue weighted by Crippen LogP contribution is -2.53. The Morgan fingerprint density at radius 3 is 2.55 bits per heavy atom. The van der Waals surface area contributed by atoms with Crippen molar-refractivity contribution in [1.29, 1.82) is 0 Å². The molecule has 1 aromatic heterocycles. The first kappa shape index (κ1) is 19.8. The molecule has 0 saturated carbocycles. The van der Waals surface area contributed by atoms with Crippen LogP contribution in [0.5, 0.6) is 11.6 Å². The number of pyridine rings is 1. The highest BCUT2D eigenvalue weighted by molar-refractivity contribution is 7.80. The number of ether oxygens (including phenoxy) is 1. The van der Waals surface area contributed by atoms with Crippen LogP contribution >= 0.6 is 12.2 Å². The maximum absolute atomic E-state index is 12.5. The van der Waals surface area contributed by atoms with Crippen LogP contribution in [-0.4, -0.2) is 38.3 Å². The summed E-state index contributed by atoms with van der Waals surface area (Å²) in [6.07, 6.45) is 4.06. The topological polar surface area (TPSA) is 115 Å². The van der Waals surface area contributed by atoms with Crippen molar-refractivity contribution in [3.05, 3.63) is 76.5 Å². The summed E-state index contributed by atoms with van der Waals surface area (Å²) in [6.45, 7) is 3.76. The molecule has 0 aliphatic carbocycles. The number of carbonyl (C=O) groups is 2. The zero-order chi connectivity index (χ0) is 21.0. The molecule has 0 radical (unpaired) electrons. The average molecular weight is 410 g/mol. The number of benzene rings is 1. The number of thiocarbonyl (C=S) groups is 1. The summed E-state index contributed by atoms with van der Waals surface area (Å²) < 4.78 is 5.53. The van der Waals surface area contributed by atoms with Crippen LogP contribution in [0, 0.1) is 10.1 Å². The van der Waals surface area contributed by atoms with Crippen molar-refractivity contribution in [3.8, 4) is 11.6 Å². The predicted molar refractivity (Wildman–Crippen MR) is 108 cm³/mol. The number of aromatic nitrogens is 1. The van der Waals surface area contributed by atoms with Gasteiger partial charge in [0.1, 0.15) is 17.5 Å². The van der Waals surface area contributed by atoms with Crippen LogP contribution in [0.1, 0.15) is 5.56 Å². The van der Waals surface area contributed by atoms with E-state index in [4.69, 9.17) is 17.0 Å². The standard InChI is InChI=1S/C19H14N4O5S/c1-2-9-22-18(25)15(17(24)21-19(22)29)10-12-3-6-14(7-4-12)28-16-8-5-13(11-20-16)23(26)27/h2-8,10-11H,1,9H2,(H,21,24,29). The molecule has 2 heterocycles. The molecule has 10 heteroatoms. The minimum absolute atomic E-state index is 0.0383. The number of hydrogen-bond acceptors (Lipinski definition) is 7. The summed E-state index contributed by atoms with van der Waals surface area (Å²) in [4.78, 5) is 39.8. The second kappa shape index (κ2) is 8.40. The van der Waals surface area contributed by atoms with E-state index in [1.807, 2.05) is 0 Å². The minimum Gasteiger partial charge on any atom is -0.439 e. The summed E-state index contributed by atoms with van der Waals surface area (Å²) in [5, 5.41) is 13.2. The number of nitro groups is 1. The number of amides is 2. The number of hydrogen-bond donors (Lipinski definition) is 1. The molecule has 1 N–H and O–H groups in total. The maximum atomic E-state index is 12.5. The zero-order valence-electron chi connectivity index (χ0n) is 14.9. The Morgan fingerprint density at radius 2 is 1.97 bits per heavy atom. The fourth-order valence-corrected chi connectivity index (χ4v) is 2.70. The molecule has 0 atom stereocenters. The van der Waals surface area contributed by atoms with Gasteiger partial charge in [0, 0.05) is 18.7 Å². The molecule has 2 amide bonds. The van der Waals surface area contributed by atoms with Gasteiger partial charge in [0.2, 0.25) is 5.88 Å². The van der Waals surface area contributed by atoms with E-state index in [9.17, 15) is 19.7 Å². The monoisotopic (exact) mass is 410 g/mol. The molecular weight excluding hydrogens is 396 g/mol. The molecule has 1 aromatic carbocycles. The Balaban J connectivity index is 1.76. The second-order valence-corrected chi connectivity index (χ2v) is 6.19. The van der Waals surface area contributed by atoms with Crippen LogP contribution in [0.3, 0.4) is 0 Å². The molecule has 1 saturated heterocycles. The van der Waals surface area contributed by atoms with Gasteiger partial charge in [-0.3, -0.25) is 29.9 Å². The van der Waals surface area contributed by atoms with Crippen LogP contribution in [-0.2, 0) is 9.59 Å². The number of nitrogens with one attached hydrogen (secondary N) is 1. The summed E-state index contributed by atoms with van der Waals surface area (Å²) in [6, 6.07) is 9.21.